The third kappa shape index (κ3) is 2.46. The lowest BCUT2D eigenvalue weighted by molar-refractivity contribution is -0.152. The van der Waals surface area contributed by atoms with Crippen LogP contribution in [-0.4, -0.2) is 48.4 Å². The highest BCUT2D eigenvalue weighted by molar-refractivity contribution is 6.02. The maximum atomic E-state index is 12.0. The summed E-state index contributed by atoms with van der Waals surface area (Å²) in [4.78, 5) is 35.6. The molecule has 1 heterocycles. The van der Waals surface area contributed by atoms with Crippen LogP contribution < -0.4 is 5.32 Å². The number of imide groups is 1. The first-order valence-electron chi connectivity index (χ1n) is 5.70. The Labute approximate surface area is 99.3 Å². The van der Waals surface area contributed by atoms with Crippen LogP contribution in [0.3, 0.4) is 0 Å². The third-order valence-corrected chi connectivity index (χ3v) is 3.47. The standard InChI is InChI=1S/C11H16N2O4/c1-17-11(3-2-4-11)5-10(16)13-6-8(14)12-9(15)7-13/h2-7H2,1H3,(H,12,14,15). The average molecular weight is 240 g/mol. The molecule has 94 valence electrons. The van der Waals surface area contributed by atoms with E-state index in [1.54, 1.807) is 7.11 Å². The average Bonchev–Trinajstić information content (AvgIpc) is 2.21. The van der Waals surface area contributed by atoms with Crippen LogP contribution in [0.4, 0.5) is 0 Å². The van der Waals surface area contributed by atoms with Crippen LogP contribution in [0.5, 0.6) is 0 Å². The fourth-order valence-electron chi connectivity index (χ4n) is 2.23. The Morgan fingerprint density at radius 3 is 2.35 bits per heavy atom. The fraction of sp³-hybridized carbons (Fsp3) is 0.727. The molecule has 0 atom stereocenters. The number of piperazine rings is 1. The lowest BCUT2D eigenvalue weighted by atomic mass is 9.77. The number of hydrogen-bond donors (Lipinski definition) is 1. The monoisotopic (exact) mass is 240 g/mol. The van der Waals surface area contributed by atoms with Crippen molar-refractivity contribution in [3.05, 3.63) is 0 Å². The minimum absolute atomic E-state index is 0.0373. The van der Waals surface area contributed by atoms with Crippen molar-refractivity contribution in [1.29, 1.82) is 0 Å². The highest BCUT2D eigenvalue weighted by atomic mass is 16.5. The first kappa shape index (κ1) is 12.0. The number of carbonyl (C=O) groups is 3. The lowest BCUT2D eigenvalue weighted by Crippen LogP contribution is -2.55. The summed E-state index contributed by atoms with van der Waals surface area (Å²) in [6.07, 6.45) is 3.04. The zero-order chi connectivity index (χ0) is 12.5. The van der Waals surface area contributed by atoms with Crippen LogP contribution >= 0.6 is 0 Å². The number of nitrogens with zero attached hydrogens (tertiary/aromatic N) is 1. The zero-order valence-electron chi connectivity index (χ0n) is 9.82. The Bertz CT molecular complexity index is 341. The molecule has 2 fully saturated rings. The summed E-state index contributed by atoms with van der Waals surface area (Å²) in [5, 5.41) is 2.17. The molecular weight excluding hydrogens is 224 g/mol. The summed E-state index contributed by atoms with van der Waals surface area (Å²) in [6, 6.07) is 0. The van der Waals surface area contributed by atoms with E-state index < -0.39 is 11.8 Å². The summed E-state index contributed by atoms with van der Waals surface area (Å²) >= 11 is 0. The molecule has 0 aromatic rings. The van der Waals surface area contributed by atoms with Gasteiger partial charge < -0.3 is 9.64 Å². The van der Waals surface area contributed by atoms with Gasteiger partial charge in [0.1, 0.15) is 13.1 Å². The number of nitrogens with one attached hydrogen (secondary N) is 1. The van der Waals surface area contributed by atoms with Crippen LogP contribution in [-0.2, 0) is 19.1 Å². The van der Waals surface area contributed by atoms with Gasteiger partial charge in [-0.3, -0.25) is 19.7 Å². The van der Waals surface area contributed by atoms with E-state index in [1.807, 2.05) is 0 Å². The van der Waals surface area contributed by atoms with Gasteiger partial charge in [-0.2, -0.15) is 0 Å². The minimum atomic E-state index is -0.422. The number of amides is 3. The van der Waals surface area contributed by atoms with Gasteiger partial charge in [-0.25, -0.2) is 0 Å². The van der Waals surface area contributed by atoms with Gasteiger partial charge >= 0.3 is 0 Å². The quantitative estimate of drug-likeness (QED) is 0.670. The molecule has 6 nitrogen and oxygen atoms in total. The van der Waals surface area contributed by atoms with Crippen molar-refractivity contribution in [2.24, 2.45) is 0 Å². The molecule has 1 saturated heterocycles. The summed E-state index contributed by atoms with van der Waals surface area (Å²) in [5.74, 6) is -1.03. The Hall–Kier alpha value is -1.43. The van der Waals surface area contributed by atoms with E-state index in [9.17, 15) is 14.4 Å². The van der Waals surface area contributed by atoms with Gasteiger partial charge in [0.05, 0.1) is 12.0 Å². The maximum Gasteiger partial charge on any atom is 0.246 e. The van der Waals surface area contributed by atoms with Gasteiger partial charge in [-0.15, -0.1) is 0 Å². The number of methoxy groups -OCH3 is 1. The van der Waals surface area contributed by atoms with Crippen molar-refractivity contribution < 1.29 is 19.1 Å². The highest BCUT2D eigenvalue weighted by Crippen LogP contribution is 2.38. The molecule has 3 amide bonds. The molecule has 0 unspecified atom stereocenters. The molecule has 1 saturated carbocycles. The minimum Gasteiger partial charge on any atom is -0.378 e. The second kappa shape index (κ2) is 4.44. The van der Waals surface area contributed by atoms with E-state index in [4.69, 9.17) is 4.74 Å². The van der Waals surface area contributed by atoms with Gasteiger partial charge in [-0.1, -0.05) is 0 Å². The van der Waals surface area contributed by atoms with E-state index in [-0.39, 0.29) is 31.0 Å². The molecule has 0 bridgehead atoms. The number of rotatable bonds is 3. The summed E-state index contributed by atoms with van der Waals surface area (Å²) in [6.45, 7) is -0.0747. The zero-order valence-corrected chi connectivity index (χ0v) is 9.82. The topological polar surface area (TPSA) is 75.7 Å². The molecular formula is C11H16N2O4. The second-order valence-corrected chi connectivity index (χ2v) is 4.64. The van der Waals surface area contributed by atoms with Crippen LogP contribution in [0.15, 0.2) is 0 Å². The van der Waals surface area contributed by atoms with Crippen molar-refractivity contribution in [3.63, 3.8) is 0 Å². The summed E-state index contributed by atoms with van der Waals surface area (Å²) < 4.78 is 5.36. The van der Waals surface area contributed by atoms with Crippen LogP contribution in [0.1, 0.15) is 25.7 Å². The third-order valence-electron chi connectivity index (χ3n) is 3.47. The molecule has 1 N–H and O–H groups in total. The Morgan fingerprint density at radius 2 is 1.94 bits per heavy atom. The molecule has 0 aromatic carbocycles. The molecule has 2 rings (SSSR count). The number of ether oxygens (including phenoxy) is 1. The fourth-order valence-corrected chi connectivity index (χ4v) is 2.23. The molecule has 0 aromatic heterocycles. The first-order chi connectivity index (χ1) is 8.04. The van der Waals surface area contributed by atoms with Crippen molar-refractivity contribution in [2.75, 3.05) is 20.2 Å². The lowest BCUT2D eigenvalue weighted by Gasteiger charge is -2.41. The molecule has 1 aliphatic carbocycles. The van der Waals surface area contributed by atoms with Gasteiger partial charge in [0.15, 0.2) is 0 Å². The smallest absolute Gasteiger partial charge is 0.246 e. The maximum absolute atomic E-state index is 12.0. The largest absolute Gasteiger partial charge is 0.378 e. The molecule has 0 spiro atoms. The van der Waals surface area contributed by atoms with Crippen molar-refractivity contribution >= 4 is 17.7 Å². The van der Waals surface area contributed by atoms with E-state index in [0.717, 1.165) is 19.3 Å². The Kier molecular flexibility index (Phi) is 3.15. The Balaban J connectivity index is 1.95. The van der Waals surface area contributed by atoms with Gasteiger partial charge in [0.2, 0.25) is 17.7 Å². The molecule has 6 heteroatoms. The number of carbonyl (C=O) groups excluding carboxylic acids is 3. The molecule has 0 radical (unpaired) electrons. The predicted octanol–water partition coefficient (Wildman–Crippen LogP) is -0.569. The SMILES string of the molecule is COC1(CC(=O)N2CC(=O)NC(=O)C2)CCC1. The van der Waals surface area contributed by atoms with Crippen molar-refractivity contribution in [2.45, 2.75) is 31.3 Å². The summed E-state index contributed by atoms with van der Waals surface area (Å²) in [5.41, 5.74) is -0.367. The van der Waals surface area contributed by atoms with Crippen LogP contribution in [0, 0.1) is 0 Å². The first-order valence-corrected chi connectivity index (χ1v) is 5.70. The van der Waals surface area contributed by atoms with Crippen molar-refractivity contribution in [3.8, 4) is 0 Å². The van der Waals surface area contributed by atoms with Crippen LogP contribution in [0.2, 0.25) is 0 Å². The highest BCUT2D eigenvalue weighted by Gasteiger charge is 2.41. The van der Waals surface area contributed by atoms with E-state index in [0.29, 0.717) is 0 Å². The van der Waals surface area contributed by atoms with Gasteiger partial charge in [0, 0.05) is 7.11 Å². The van der Waals surface area contributed by atoms with Gasteiger partial charge in [0.25, 0.3) is 0 Å². The van der Waals surface area contributed by atoms with E-state index in [1.165, 1.54) is 4.90 Å². The number of hydrogen-bond acceptors (Lipinski definition) is 4. The molecule has 1 aliphatic heterocycles. The van der Waals surface area contributed by atoms with Crippen molar-refractivity contribution in [1.82, 2.24) is 10.2 Å². The predicted molar refractivity (Wildman–Crippen MR) is 57.9 cm³/mol. The molecule has 17 heavy (non-hydrogen) atoms. The normalized spacial score (nSPS) is 23.0. The molecule has 2 aliphatic rings. The van der Waals surface area contributed by atoms with E-state index in [2.05, 4.69) is 5.32 Å². The Morgan fingerprint density at radius 1 is 1.35 bits per heavy atom. The second-order valence-electron chi connectivity index (χ2n) is 4.64. The summed E-state index contributed by atoms with van der Waals surface area (Å²) in [7, 11) is 1.60. The van der Waals surface area contributed by atoms with Gasteiger partial charge in [-0.05, 0) is 19.3 Å². The van der Waals surface area contributed by atoms with E-state index >= 15 is 0 Å². The van der Waals surface area contributed by atoms with Crippen LogP contribution in [0.25, 0.3) is 0 Å².